The fourth-order valence-corrected chi connectivity index (χ4v) is 1.30. The van der Waals surface area contributed by atoms with E-state index in [0.29, 0.717) is 23.4 Å². The molecule has 0 atom stereocenters. The number of hydrogen-bond donors (Lipinski definition) is 1. The maximum absolute atomic E-state index is 11.9. The molecule has 4 nitrogen and oxygen atoms in total. The van der Waals surface area contributed by atoms with Crippen molar-refractivity contribution >= 4 is 11.7 Å². The number of rotatable bonds is 2. The fraction of sp³-hybridized carbons (Fsp3) is 0.500. The van der Waals surface area contributed by atoms with Gasteiger partial charge < -0.3 is 10.5 Å². The minimum atomic E-state index is -0.507. The first-order valence-corrected chi connectivity index (χ1v) is 5.31. The first-order chi connectivity index (χ1) is 7.33. The summed E-state index contributed by atoms with van der Waals surface area (Å²) >= 11 is 0. The fourth-order valence-electron chi connectivity index (χ4n) is 1.30. The number of aryl methyl sites for hydroxylation is 1. The van der Waals surface area contributed by atoms with Crippen molar-refractivity contribution in [1.82, 2.24) is 4.98 Å². The third kappa shape index (κ3) is 3.22. The van der Waals surface area contributed by atoms with Crippen molar-refractivity contribution in [2.24, 2.45) is 0 Å². The monoisotopic (exact) mass is 222 g/mol. The molecule has 0 unspecified atom stereocenters. The van der Waals surface area contributed by atoms with Crippen LogP contribution in [0.25, 0.3) is 0 Å². The molecular weight excluding hydrogens is 204 g/mol. The van der Waals surface area contributed by atoms with E-state index in [1.165, 1.54) is 0 Å². The normalized spacial score (nSPS) is 11.2. The average Bonchev–Trinajstić information content (AvgIpc) is 2.15. The molecule has 1 rings (SSSR count). The Morgan fingerprint density at radius 3 is 2.62 bits per heavy atom. The second kappa shape index (κ2) is 4.51. The van der Waals surface area contributed by atoms with Crippen LogP contribution in [0.3, 0.4) is 0 Å². The van der Waals surface area contributed by atoms with Crippen molar-refractivity contribution in [2.45, 2.75) is 39.7 Å². The lowest BCUT2D eigenvalue weighted by molar-refractivity contribution is 0.00679. The van der Waals surface area contributed by atoms with Crippen LogP contribution in [0.4, 0.5) is 5.69 Å². The van der Waals surface area contributed by atoms with E-state index in [1.54, 1.807) is 12.3 Å². The Kier molecular flexibility index (Phi) is 3.52. The molecule has 0 aliphatic rings. The molecule has 4 heteroatoms. The van der Waals surface area contributed by atoms with Gasteiger partial charge in [0.05, 0.1) is 23.1 Å². The summed E-state index contributed by atoms with van der Waals surface area (Å²) in [6.45, 7) is 7.43. The Hall–Kier alpha value is -1.58. The van der Waals surface area contributed by atoms with E-state index in [0.717, 1.165) is 0 Å². The third-order valence-electron chi connectivity index (χ3n) is 1.95. The summed E-state index contributed by atoms with van der Waals surface area (Å²) in [5.41, 5.74) is 6.74. The SMILES string of the molecule is CCc1ncc(N)cc1C(=O)OC(C)(C)C. The third-order valence-corrected chi connectivity index (χ3v) is 1.95. The number of carbonyl (C=O) groups is 1. The summed E-state index contributed by atoms with van der Waals surface area (Å²) < 4.78 is 5.29. The van der Waals surface area contributed by atoms with Gasteiger partial charge in [-0.15, -0.1) is 0 Å². The zero-order valence-electron chi connectivity index (χ0n) is 10.2. The standard InChI is InChI=1S/C12H18N2O2/c1-5-10-9(6-8(13)7-14-10)11(15)16-12(2,3)4/h6-7H,5,13H2,1-4H3. The number of hydrogen-bond acceptors (Lipinski definition) is 4. The van der Waals surface area contributed by atoms with Crippen LogP contribution >= 0.6 is 0 Å². The molecule has 0 radical (unpaired) electrons. The minimum Gasteiger partial charge on any atom is -0.456 e. The number of aromatic nitrogens is 1. The van der Waals surface area contributed by atoms with Crippen LogP contribution in [0.15, 0.2) is 12.3 Å². The number of anilines is 1. The van der Waals surface area contributed by atoms with E-state index in [1.807, 2.05) is 27.7 Å². The largest absolute Gasteiger partial charge is 0.456 e. The van der Waals surface area contributed by atoms with Crippen molar-refractivity contribution in [1.29, 1.82) is 0 Å². The molecule has 1 heterocycles. The van der Waals surface area contributed by atoms with Gasteiger partial charge in [0.1, 0.15) is 5.60 Å². The van der Waals surface area contributed by atoms with Crippen molar-refractivity contribution in [2.75, 3.05) is 5.73 Å². The van der Waals surface area contributed by atoms with Gasteiger partial charge in [-0.2, -0.15) is 0 Å². The predicted octanol–water partition coefficient (Wildman–Crippen LogP) is 2.18. The lowest BCUT2D eigenvalue weighted by atomic mass is 10.1. The van der Waals surface area contributed by atoms with Gasteiger partial charge in [0, 0.05) is 0 Å². The van der Waals surface area contributed by atoms with E-state index >= 15 is 0 Å². The number of carbonyl (C=O) groups excluding carboxylic acids is 1. The number of nitrogen functional groups attached to an aromatic ring is 1. The number of nitrogens with two attached hydrogens (primary N) is 1. The summed E-state index contributed by atoms with van der Waals surface area (Å²) in [5, 5.41) is 0. The summed E-state index contributed by atoms with van der Waals surface area (Å²) in [6, 6.07) is 1.61. The molecule has 2 N–H and O–H groups in total. The van der Waals surface area contributed by atoms with E-state index in [9.17, 15) is 4.79 Å². The first-order valence-electron chi connectivity index (χ1n) is 5.31. The van der Waals surface area contributed by atoms with Crippen LogP contribution in [0.1, 0.15) is 43.7 Å². The first kappa shape index (κ1) is 12.5. The van der Waals surface area contributed by atoms with Crippen LogP contribution in [0, 0.1) is 0 Å². The van der Waals surface area contributed by atoms with Crippen LogP contribution in [0.2, 0.25) is 0 Å². The van der Waals surface area contributed by atoms with Gasteiger partial charge in [-0.25, -0.2) is 4.79 Å². The van der Waals surface area contributed by atoms with Gasteiger partial charge in [-0.05, 0) is 33.3 Å². The molecular formula is C12H18N2O2. The highest BCUT2D eigenvalue weighted by atomic mass is 16.6. The van der Waals surface area contributed by atoms with Crippen molar-refractivity contribution < 1.29 is 9.53 Å². The van der Waals surface area contributed by atoms with Gasteiger partial charge in [0.2, 0.25) is 0 Å². The topological polar surface area (TPSA) is 65.2 Å². The van der Waals surface area contributed by atoms with Gasteiger partial charge in [-0.3, -0.25) is 4.98 Å². The molecule has 0 spiro atoms. The summed E-state index contributed by atoms with van der Waals surface area (Å²) in [7, 11) is 0. The Balaban J connectivity index is 3.02. The number of nitrogens with zero attached hydrogens (tertiary/aromatic N) is 1. The lowest BCUT2D eigenvalue weighted by Crippen LogP contribution is -2.24. The Morgan fingerprint density at radius 2 is 2.12 bits per heavy atom. The van der Waals surface area contributed by atoms with E-state index in [-0.39, 0.29) is 5.97 Å². The number of ether oxygens (including phenoxy) is 1. The molecule has 0 saturated heterocycles. The molecule has 0 aliphatic heterocycles. The predicted molar refractivity (Wildman–Crippen MR) is 63.2 cm³/mol. The van der Waals surface area contributed by atoms with Crippen molar-refractivity contribution in [3.8, 4) is 0 Å². The molecule has 1 aromatic rings. The molecule has 0 fully saturated rings. The van der Waals surface area contributed by atoms with Gasteiger partial charge in [-0.1, -0.05) is 6.92 Å². The van der Waals surface area contributed by atoms with E-state index in [4.69, 9.17) is 10.5 Å². The number of esters is 1. The zero-order chi connectivity index (χ0) is 12.3. The highest BCUT2D eigenvalue weighted by Gasteiger charge is 2.20. The molecule has 0 saturated carbocycles. The summed E-state index contributed by atoms with van der Waals surface area (Å²) in [6.07, 6.45) is 2.22. The molecule has 16 heavy (non-hydrogen) atoms. The number of pyridine rings is 1. The molecule has 0 amide bonds. The van der Waals surface area contributed by atoms with Crippen molar-refractivity contribution in [3.05, 3.63) is 23.5 Å². The zero-order valence-corrected chi connectivity index (χ0v) is 10.2. The smallest absolute Gasteiger partial charge is 0.340 e. The van der Waals surface area contributed by atoms with Gasteiger partial charge >= 0.3 is 5.97 Å². The Bertz CT molecular complexity index is 394. The highest BCUT2D eigenvalue weighted by molar-refractivity contribution is 5.91. The Morgan fingerprint density at radius 1 is 1.50 bits per heavy atom. The lowest BCUT2D eigenvalue weighted by Gasteiger charge is -2.20. The minimum absolute atomic E-state index is 0.371. The summed E-state index contributed by atoms with van der Waals surface area (Å²) in [4.78, 5) is 16.0. The van der Waals surface area contributed by atoms with Crippen LogP contribution in [-0.4, -0.2) is 16.6 Å². The highest BCUT2D eigenvalue weighted by Crippen LogP contribution is 2.16. The molecule has 0 aromatic carbocycles. The average molecular weight is 222 g/mol. The van der Waals surface area contributed by atoms with Crippen LogP contribution < -0.4 is 5.73 Å². The molecule has 88 valence electrons. The van der Waals surface area contributed by atoms with Crippen molar-refractivity contribution in [3.63, 3.8) is 0 Å². The van der Waals surface area contributed by atoms with Gasteiger partial charge in [0.15, 0.2) is 0 Å². The maximum Gasteiger partial charge on any atom is 0.340 e. The van der Waals surface area contributed by atoms with E-state index < -0.39 is 5.60 Å². The van der Waals surface area contributed by atoms with Crippen LogP contribution in [-0.2, 0) is 11.2 Å². The second-order valence-electron chi connectivity index (χ2n) is 4.62. The van der Waals surface area contributed by atoms with Gasteiger partial charge in [0.25, 0.3) is 0 Å². The maximum atomic E-state index is 11.9. The second-order valence-corrected chi connectivity index (χ2v) is 4.62. The van der Waals surface area contributed by atoms with E-state index in [2.05, 4.69) is 4.98 Å². The Labute approximate surface area is 95.8 Å². The quantitative estimate of drug-likeness (QED) is 0.779. The molecule has 0 aliphatic carbocycles. The molecule has 1 aromatic heterocycles. The summed E-state index contributed by atoms with van der Waals surface area (Å²) in [5.74, 6) is -0.371. The van der Waals surface area contributed by atoms with Crippen LogP contribution in [0.5, 0.6) is 0 Å². The molecule has 0 bridgehead atoms.